The Labute approximate surface area is 121 Å². The molecular formula is C14H16FN3O3. The summed E-state index contributed by atoms with van der Waals surface area (Å²) in [5.74, 6) is 1.11. The van der Waals surface area contributed by atoms with E-state index < -0.39 is 0 Å². The number of rotatable bonds is 5. The van der Waals surface area contributed by atoms with Crippen LogP contribution in [0.15, 0.2) is 28.8 Å². The van der Waals surface area contributed by atoms with Gasteiger partial charge < -0.3 is 19.7 Å². The molecule has 0 bridgehead atoms. The van der Waals surface area contributed by atoms with Crippen molar-refractivity contribution < 1.29 is 18.4 Å². The second-order valence-corrected chi connectivity index (χ2v) is 4.85. The van der Waals surface area contributed by atoms with Gasteiger partial charge in [0.1, 0.15) is 17.7 Å². The molecule has 1 aliphatic heterocycles. The third-order valence-corrected chi connectivity index (χ3v) is 3.31. The van der Waals surface area contributed by atoms with Crippen LogP contribution in [0, 0.1) is 5.82 Å². The van der Waals surface area contributed by atoms with E-state index in [0.717, 1.165) is 12.8 Å². The highest BCUT2D eigenvalue weighted by Gasteiger charge is 2.29. The van der Waals surface area contributed by atoms with Gasteiger partial charge in [-0.15, -0.1) is 0 Å². The molecule has 1 aromatic carbocycles. The van der Waals surface area contributed by atoms with Crippen LogP contribution in [-0.4, -0.2) is 22.8 Å². The molecule has 2 heterocycles. The van der Waals surface area contributed by atoms with Gasteiger partial charge >= 0.3 is 0 Å². The summed E-state index contributed by atoms with van der Waals surface area (Å²) in [6.45, 7) is 0.646. The summed E-state index contributed by atoms with van der Waals surface area (Å²) in [6.07, 6.45) is 1.58. The third-order valence-electron chi connectivity index (χ3n) is 3.31. The van der Waals surface area contributed by atoms with Gasteiger partial charge in [0.2, 0.25) is 5.82 Å². The van der Waals surface area contributed by atoms with E-state index in [0.29, 0.717) is 24.0 Å². The molecule has 1 fully saturated rings. The van der Waals surface area contributed by atoms with Crippen LogP contribution in [0.1, 0.15) is 30.7 Å². The van der Waals surface area contributed by atoms with Gasteiger partial charge in [0.25, 0.3) is 5.89 Å². The van der Waals surface area contributed by atoms with E-state index in [9.17, 15) is 4.39 Å². The van der Waals surface area contributed by atoms with Gasteiger partial charge in [0.15, 0.2) is 6.61 Å². The highest BCUT2D eigenvalue weighted by Crippen LogP contribution is 2.31. The first-order chi connectivity index (χ1) is 10.2. The number of ether oxygens (including phenoxy) is 2. The second-order valence-electron chi connectivity index (χ2n) is 4.85. The topological polar surface area (TPSA) is 83.4 Å². The standard InChI is InChI=1S/C14H16FN3O3/c15-9-1-3-10(4-2-9)19-8-13-17-14(21-18-13)12-6-5-11(7-16)20-12/h1-4,11-12H,5-8,16H2/t11-,12+/m1/s1. The van der Waals surface area contributed by atoms with Crippen molar-refractivity contribution in [2.45, 2.75) is 31.7 Å². The predicted molar refractivity (Wildman–Crippen MR) is 70.9 cm³/mol. The van der Waals surface area contributed by atoms with Crippen LogP contribution in [-0.2, 0) is 11.3 Å². The molecule has 112 valence electrons. The van der Waals surface area contributed by atoms with Gasteiger partial charge in [0.05, 0.1) is 6.10 Å². The maximum absolute atomic E-state index is 12.8. The van der Waals surface area contributed by atoms with Gasteiger partial charge in [-0.05, 0) is 37.1 Å². The van der Waals surface area contributed by atoms with Crippen LogP contribution < -0.4 is 10.5 Å². The number of nitrogens with two attached hydrogens (primary N) is 1. The first-order valence-corrected chi connectivity index (χ1v) is 6.81. The Kier molecular flexibility index (Phi) is 4.12. The maximum Gasteiger partial charge on any atom is 0.255 e. The van der Waals surface area contributed by atoms with Crippen LogP contribution >= 0.6 is 0 Å². The average Bonchev–Trinajstić information content (AvgIpc) is 3.15. The summed E-state index contributed by atoms with van der Waals surface area (Å²) >= 11 is 0. The molecule has 3 rings (SSSR count). The van der Waals surface area contributed by atoms with Gasteiger partial charge in [-0.1, -0.05) is 5.16 Å². The van der Waals surface area contributed by atoms with Crippen molar-refractivity contribution in [3.8, 4) is 5.75 Å². The van der Waals surface area contributed by atoms with Crippen molar-refractivity contribution in [2.24, 2.45) is 5.73 Å². The molecule has 0 saturated carbocycles. The molecule has 2 N–H and O–H groups in total. The fourth-order valence-corrected chi connectivity index (χ4v) is 2.20. The monoisotopic (exact) mass is 293 g/mol. The molecule has 6 nitrogen and oxygen atoms in total. The molecule has 2 aromatic rings. The molecule has 0 radical (unpaired) electrons. The summed E-state index contributed by atoms with van der Waals surface area (Å²) < 4.78 is 29.1. The fraction of sp³-hybridized carbons (Fsp3) is 0.429. The van der Waals surface area contributed by atoms with Crippen LogP contribution in [0.3, 0.4) is 0 Å². The number of benzene rings is 1. The van der Waals surface area contributed by atoms with E-state index >= 15 is 0 Å². The maximum atomic E-state index is 12.8. The van der Waals surface area contributed by atoms with Crippen molar-refractivity contribution in [3.05, 3.63) is 41.8 Å². The highest BCUT2D eigenvalue weighted by atomic mass is 19.1. The quantitative estimate of drug-likeness (QED) is 0.907. The number of nitrogens with zero attached hydrogens (tertiary/aromatic N) is 2. The highest BCUT2D eigenvalue weighted by molar-refractivity contribution is 5.22. The summed E-state index contributed by atoms with van der Waals surface area (Å²) in [4.78, 5) is 4.25. The van der Waals surface area contributed by atoms with Crippen LogP contribution in [0.5, 0.6) is 5.75 Å². The molecule has 1 saturated heterocycles. The summed E-state index contributed by atoms with van der Waals surface area (Å²) in [7, 11) is 0. The Balaban J connectivity index is 1.57. The Morgan fingerprint density at radius 1 is 1.29 bits per heavy atom. The van der Waals surface area contributed by atoms with Crippen molar-refractivity contribution in [3.63, 3.8) is 0 Å². The zero-order valence-electron chi connectivity index (χ0n) is 11.4. The van der Waals surface area contributed by atoms with E-state index in [1.54, 1.807) is 12.1 Å². The minimum Gasteiger partial charge on any atom is -0.485 e. The molecule has 2 atom stereocenters. The van der Waals surface area contributed by atoms with Crippen LogP contribution in [0.4, 0.5) is 4.39 Å². The molecule has 0 spiro atoms. The van der Waals surface area contributed by atoms with E-state index in [4.69, 9.17) is 19.7 Å². The van der Waals surface area contributed by atoms with E-state index in [-0.39, 0.29) is 24.6 Å². The van der Waals surface area contributed by atoms with Crippen molar-refractivity contribution in [1.82, 2.24) is 10.1 Å². The predicted octanol–water partition coefficient (Wildman–Crippen LogP) is 1.97. The number of hydrogen-bond donors (Lipinski definition) is 1. The van der Waals surface area contributed by atoms with Crippen LogP contribution in [0.2, 0.25) is 0 Å². The van der Waals surface area contributed by atoms with Crippen molar-refractivity contribution in [1.29, 1.82) is 0 Å². The Hall–Kier alpha value is -1.99. The number of aromatic nitrogens is 2. The first kappa shape index (κ1) is 14.0. The molecule has 21 heavy (non-hydrogen) atoms. The van der Waals surface area contributed by atoms with Gasteiger partial charge in [-0.25, -0.2) is 4.39 Å². The molecule has 0 amide bonds. The fourth-order valence-electron chi connectivity index (χ4n) is 2.20. The SMILES string of the molecule is NC[C@H]1CC[C@@H](c2nc(COc3ccc(F)cc3)no2)O1. The molecule has 1 aromatic heterocycles. The number of halogens is 1. The summed E-state index contributed by atoms with van der Waals surface area (Å²) in [5.41, 5.74) is 5.56. The Morgan fingerprint density at radius 3 is 2.81 bits per heavy atom. The van der Waals surface area contributed by atoms with Gasteiger partial charge in [0, 0.05) is 6.54 Å². The van der Waals surface area contributed by atoms with E-state index in [1.165, 1.54) is 12.1 Å². The molecule has 1 aliphatic rings. The Bertz CT molecular complexity index is 587. The van der Waals surface area contributed by atoms with Gasteiger partial charge in [-0.2, -0.15) is 4.98 Å². The lowest BCUT2D eigenvalue weighted by Gasteiger charge is -2.07. The largest absolute Gasteiger partial charge is 0.485 e. The smallest absolute Gasteiger partial charge is 0.255 e. The van der Waals surface area contributed by atoms with Crippen LogP contribution in [0.25, 0.3) is 0 Å². The lowest BCUT2D eigenvalue weighted by molar-refractivity contribution is 0.0307. The van der Waals surface area contributed by atoms with E-state index in [1.807, 2.05) is 0 Å². The molecular weight excluding hydrogens is 277 g/mol. The lowest BCUT2D eigenvalue weighted by atomic mass is 10.2. The molecule has 0 aliphatic carbocycles. The Morgan fingerprint density at radius 2 is 2.10 bits per heavy atom. The minimum atomic E-state index is -0.308. The summed E-state index contributed by atoms with van der Waals surface area (Å²) in [5, 5.41) is 3.85. The first-order valence-electron chi connectivity index (χ1n) is 6.81. The third kappa shape index (κ3) is 3.37. The second kappa shape index (κ2) is 6.19. The number of hydrogen-bond acceptors (Lipinski definition) is 6. The lowest BCUT2D eigenvalue weighted by Crippen LogP contribution is -2.18. The van der Waals surface area contributed by atoms with Crippen molar-refractivity contribution in [2.75, 3.05) is 6.54 Å². The zero-order valence-corrected chi connectivity index (χ0v) is 11.4. The van der Waals surface area contributed by atoms with Crippen molar-refractivity contribution >= 4 is 0 Å². The normalized spacial score (nSPS) is 21.6. The van der Waals surface area contributed by atoms with Gasteiger partial charge in [-0.3, -0.25) is 0 Å². The van der Waals surface area contributed by atoms with E-state index in [2.05, 4.69) is 10.1 Å². The summed E-state index contributed by atoms with van der Waals surface area (Å²) in [6, 6.07) is 5.75. The molecule has 7 heteroatoms. The zero-order chi connectivity index (χ0) is 14.7. The molecule has 0 unspecified atom stereocenters. The minimum absolute atomic E-state index is 0.0563. The average molecular weight is 293 g/mol.